The number of methoxy groups -OCH3 is 2. The number of nitrogens with zero attached hydrogens (tertiary/aromatic N) is 2. The van der Waals surface area contributed by atoms with Gasteiger partial charge in [-0.2, -0.15) is 4.31 Å². The molecular weight excluding hydrogens is 352 g/mol. The molecule has 0 bridgehead atoms. The number of benzene rings is 2. The van der Waals surface area contributed by atoms with Gasteiger partial charge < -0.3 is 14.4 Å². The summed E-state index contributed by atoms with van der Waals surface area (Å²) in [7, 11) is -0.290. The van der Waals surface area contributed by atoms with Crippen molar-refractivity contribution in [2.45, 2.75) is 11.8 Å². The fourth-order valence-corrected chi connectivity index (χ4v) is 4.73. The van der Waals surface area contributed by atoms with E-state index in [4.69, 9.17) is 9.47 Å². The molecule has 1 aliphatic rings. The third-order valence-electron chi connectivity index (χ3n) is 4.67. The number of para-hydroxylation sites is 2. The molecule has 7 heteroatoms. The highest BCUT2D eigenvalue weighted by Crippen LogP contribution is 2.30. The zero-order valence-corrected chi connectivity index (χ0v) is 16.1. The molecule has 1 saturated heterocycles. The first-order valence-electron chi connectivity index (χ1n) is 8.50. The van der Waals surface area contributed by atoms with Crippen LogP contribution < -0.4 is 14.4 Å². The second kappa shape index (κ2) is 7.55. The lowest BCUT2D eigenvalue weighted by Crippen LogP contribution is -2.48. The van der Waals surface area contributed by atoms with E-state index in [9.17, 15) is 8.42 Å². The van der Waals surface area contributed by atoms with E-state index < -0.39 is 10.0 Å². The van der Waals surface area contributed by atoms with Gasteiger partial charge in [-0.3, -0.25) is 0 Å². The summed E-state index contributed by atoms with van der Waals surface area (Å²) in [6.07, 6.45) is 0. The smallest absolute Gasteiger partial charge is 0.243 e. The Balaban J connectivity index is 1.75. The van der Waals surface area contributed by atoms with Gasteiger partial charge in [0.15, 0.2) is 0 Å². The Kier molecular flexibility index (Phi) is 5.38. The van der Waals surface area contributed by atoms with Crippen molar-refractivity contribution < 1.29 is 17.9 Å². The maximum absolute atomic E-state index is 12.9. The van der Waals surface area contributed by atoms with Crippen LogP contribution in [0.4, 0.5) is 5.69 Å². The summed E-state index contributed by atoms with van der Waals surface area (Å²) in [5.41, 5.74) is 1.80. The lowest BCUT2D eigenvalue weighted by molar-refractivity contribution is 0.378. The van der Waals surface area contributed by atoms with Crippen molar-refractivity contribution in [1.29, 1.82) is 0 Å². The third-order valence-corrected chi connectivity index (χ3v) is 6.56. The van der Waals surface area contributed by atoms with Gasteiger partial charge in [-0.25, -0.2) is 8.42 Å². The summed E-state index contributed by atoms with van der Waals surface area (Å²) < 4.78 is 38.1. The van der Waals surface area contributed by atoms with Crippen molar-refractivity contribution in [3.8, 4) is 11.5 Å². The van der Waals surface area contributed by atoms with Crippen molar-refractivity contribution >= 4 is 15.7 Å². The average Bonchev–Trinajstić information content (AvgIpc) is 2.68. The first-order chi connectivity index (χ1) is 12.5. The molecule has 0 atom stereocenters. The van der Waals surface area contributed by atoms with Gasteiger partial charge in [0.25, 0.3) is 0 Å². The van der Waals surface area contributed by atoms with E-state index in [0.717, 1.165) is 17.0 Å². The van der Waals surface area contributed by atoms with Crippen molar-refractivity contribution in [2.75, 3.05) is 45.3 Å². The highest BCUT2D eigenvalue weighted by atomic mass is 32.2. The number of hydrogen-bond acceptors (Lipinski definition) is 5. The largest absolute Gasteiger partial charge is 0.496 e. The van der Waals surface area contributed by atoms with Gasteiger partial charge in [-0.05, 0) is 42.8 Å². The van der Waals surface area contributed by atoms with Crippen LogP contribution in [0.15, 0.2) is 47.4 Å². The monoisotopic (exact) mass is 376 g/mol. The van der Waals surface area contributed by atoms with E-state index >= 15 is 0 Å². The lowest BCUT2D eigenvalue weighted by Gasteiger charge is -2.36. The molecule has 3 rings (SSSR count). The molecule has 140 valence electrons. The molecule has 0 aromatic heterocycles. The Morgan fingerprint density at radius 3 is 2.15 bits per heavy atom. The fraction of sp³-hybridized carbons (Fsp3) is 0.368. The summed E-state index contributed by atoms with van der Waals surface area (Å²) >= 11 is 0. The molecule has 0 aliphatic carbocycles. The normalized spacial score (nSPS) is 15.7. The van der Waals surface area contributed by atoms with Crippen molar-refractivity contribution in [1.82, 2.24) is 4.31 Å². The Morgan fingerprint density at radius 2 is 1.54 bits per heavy atom. The minimum atomic E-state index is -3.51. The first-order valence-corrected chi connectivity index (χ1v) is 9.94. The van der Waals surface area contributed by atoms with Gasteiger partial charge in [0.1, 0.15) is 11.5 Å². The van der Waals surface area contributed by atoms with E-state index in [1.807, 2.05) is 31.2 Å². The second-order valence-electron chi connectivity index (χ2n) is 6.19. The molecule has 1 heterocycles. The van der Waals surface area contributed by atoms with Crippen LogP contribution in [0.1, 0.15) is 5.56 Å². The number of anilines is 1. The van der Waals surface area contributed by atoms with Gasteiger partial charge >= 0.3 is 0 Å². The van der Waals surface area contributed by atoms with Crippen molar-refractivity contribution in [3.05, 3.63) is 48.0 Å². The first kappa shape index (κ1) is 18.5. The summed E-state index contributed by atoms with van der Waals surface area (Å²) in [6, 6.07) is 12.8. The highest BCUT2D eigenvalue weighted by Gasteiger charge is 2.29. The number of rotatable bonds is 5. The maximum atomic E-state index is 12.9. The fourth-order valence-electron chi connectivity index (χ4n) is 3.22. The number of sulfonamides is 1. The zero-order chi connectivity index (χ0) is 18.7. The van der Waals surface area contributed by atoms with Crippen LogP contribution in [0.25, 0.3) is 0 Å². The molecule has 0 radical (unpaired) electrons. The second-order valence-corrected chi connectivity index (χ2v) is 8.13. The number of aryl methyl sites for hydroxylation is 1. The Labute approximate surface area is 155 Å². The van der Waals surface area contributed by atoms with Crippen LogP contribution in [0.3, 0.4) is 0 Å². The van der Waals surface area contributed by atoms with Crippen LogP contribution in [0, 0.1) is 6.92 Å². The minimum Gasteiger partial charge on any atom is -0.496 e. The standard InChI is InChI=1S/C19H24N2O4S/c1-15-14-16(8-9-18(15)24-2)26(22,23)21-12-10-20(11-13-21)17-6-4-5-7-19(17)25-3/h4-9,14H,10-13H2,1-3H3. The van der Waals surface area contributed by atoms with E-state index in [2.05, 4.69) is 4.90 Å². The molecule has 0 N–H and O–H groups in total. The maximum Gasteiger partial charge on any atom is 0.243 e. The van der Waals surface area contributed by atoms with Crippen LogP contribution in [-0.2, 0) is 10.0 Å². The van der Waals surface area contributed by atoms with Gasteiger partial charge in [0, 0.05) is 26.2 Å². The van der Waals surface area contributed by atoms with Crippen LogP contribution in [0.2, 0.25) is 0 Å². The topological polar surface area (TPSA) is 59.1 Å². The summed E-state index contributed by atoms with van der Waals surface area (Å²) in [4.78, 5) is 2.46. The third kappa shape index (κ3) is 3.50. The molecule has 26 heavy (non-hydrogen) atoms. The van der Waals surface area contributed by atoms with E-state index in [1.54, 1.807) is 36.7 Å². The molecule has 0 saturated carbocycles. The van der Waals surface area contributed by atoms with E-state index in [1.165, 1.54) is 0 Å². The van der Waals surface area contributed by atoms with Gasteiger partial charge in [0.2, 0.25) is 10.0 Å². The molecular formula is C19H24N2O4S. The lowest BCUT2D eigenvalue weighted by atomic mass is 10.2. The van der Waals surface area contributed by atoms with Gasteiger partial charge in [-0.15, -0.1) is 0 Å². The Morgan fingerprint density at radius 1 is 0.885 bits per heavy atom. The van der Waals surface area contributed by atoms with Crippen LogP contribution >= 0.6 is 0 Å². The summed E-state index contributed by atoms with van der Waals surface area (Å²) in [6.45, 7) is 3.96. The molecule has 0 unspecified atom stereocenters. The molecule has 2 aromatic rings. The minimum absolute atomic E-state index is 0.307. The molecule has 6 nitrogen and oxygen atoms in total. The molecule has 0 spiro atoms. The van der Waals surface area contributed by atoms with Crippen molar-refractivity contribution in [3.63, 3.8) is 0 Å². The summed E-state index contributed by atoms with van der Waals surface area (Å²) in [5.74, 6) is 1.49. The highest BCUT2D eigenvalue weighted by molar-refractivity contribution is 7.89. The Bertz CT molecular complexity index is 875. The molecule has 1 fully saturated rings. The Hall–Kier alpha value is -2.25. The summed E-state index contributed by atoms with van der Waals surface area (Å²) in [5, 5.41) is 0. The predicted octanol–water partition coefficient (Wildman–Crippen LogP) is 2.52. The van der Waals surface area contributed by atoms with E-state index in [-0.39, 0.29) is 0 Å². The molecule has 2 aromatic carbocycles. The molecule has 1 aliphatic heterocycles. The number of hydrogen-bond donors (Lipinski definition) is 0. The number of ether oxygens (including phenoxy) is 2. The van der Waals surface area contributed by atoms with Crippen LogP contribution in [-0.4, -0.2) is 53.1 Å². The van der Waals surface area contributed by atoms with Gasteiger partial charge in [-0.1, -0.05) is 12.1 Å². The average molecular weight is 376 g/mol. The molecule has 0 amide bonds. The predicted molar refractivity (Wildman–Crippen MR) is 102 cm³/mol. The van der Waals surface area contributed by atoms with Gasteiger partial charge in [0.05, 0.1) is 24.8 Å². The zero-order valence-electron chi connectivity index (χ0n) is 15.3. The van der Waals surface area contributed by atoms with E-state index in [0.29, 0.717) is 36.8 Å². The number of piperazine rings is 1. The van der Waals surface area contributed by atoms with Crippen LogP contribution in [0.5, 0.6) is 11.5 Å². The SMILES string of the molecule is COc1ccc(S(=O)(=O)N2CCN(c3ccccc3OC)CC2)cc1C. The van der Waals surface area contributed by atoms with Crippen molar-refractivity contribution in [2.24, 2.45) is 0 Å². The quantitative estimate of drug-likeness (QED) is 0.803.